The first-order valence-electron chi connectivity index (χ1n) is 7.73. The van der Waals surface area contributed by atoms with E-state index < -0.39 is 6.10 Å². The van der Waals surface area contributed by atoms with Crippen LogP contribution in [0.15, 0.2) is 27.7 Å². The van der Waals surface area contributed by atoms with E-state index in [1.165, 1.54) is 10.9 Å². The van der Waals surface area contributed by atoms with E-state index in [1.54, 1.807) is 12.1 Å². The Balaban J connectivity index is 0.00000225. The zero-order valence-corrected chi connectivity index (χ0v) is 19.6. The van der Waals surface area contributed by atoms with Crippen LogP contribution in [0.2, 0.25) is 5.02 Å². The average molecular weight is 622 g/mol. The summed E-state index contributed by atoms with van der Waals surface area (Å²) in [5.74, 6) is -0.125. The number of carbonyl (C=O) groups is 1. The summed E-state index contributed by atoms with van der Waals surface area (Å²) in [5, 5.41) is 13.9. The number of ketones is 1. The standard InChI is InChI=1S/C16H17BrClN3O3.Pb/c17-11-6-13-10(5-12(11)18)16(24)21(8-20-13)7-9(22)4-14-15(23)2-1-3-19-14;/h5-6,8,14-15,19,23H,1-4,7H2;/t14-,15+;/m0./s1. The minimum absolute atomic E-state index is 0. The van der Waals surface area contributed by atoms with E-state index in [2.05, 4.69) is 26.2 Å². The second-order valence-electron chi connectivity index (χ2n) is 5.97. The number of aromatic nitrogens is 2. The van der Waals surface area contributed by atoms with Gasteiger partial charge in [-0.25, -0.2) is 4.98 Å². The van der Waals surface area contributed by atoms with Gasteiger partial charge < -0.3 is 10.4 Å². The van der Waals surface area contributed by atoms with E-state index >= 15 is 0 Å². The summed E-state index contributed by atoms with van der Waals surface area (Å²) in [7, 11) is 0. The third kappa shape index (κ3) is 4.88. The summed E-state index contributed by atoms with van der Waals surface area (Å²) in [6.07, 6.45) is 2.62. The fourth-order valence-electron chi connectivity index (χ4n) is 2.91. The van der Waals surface area contributed by atoms with Crippen molar-refractivity contribution in [3.8, 4) is 0 Å². The number of nitrogens with zero attached hydrogens (tertiary/aromatic N) is 2. The third-order valence-electron chi connectivity index (χ3n) is 4.21. The first-order valence-corrected chi connectivity index (χ1v) is 8.90. The molecule has 0 unspecified atom stereocenters. The Morgan fingerprint density at radius 1 is 1.48 bits per heavy atom. The molecular weight excluding hydrogens is 605 g/mol. The Kier molecular flexibility index (Phi) is 7.56. The molecule has 1 aromatic carbocycles. The number of hydrogen-bond donors (Lipinski definition) is 2. The van der Waals surface area contributed by atoms with Crippen molar-refractivity contribution < 1.29 is 9.90 Å². The molecule has 1 aliphatic rings. The number of nitrogens with one attached hydrogen (secondary N) is 1. The van der Waals surface area contributed by atoms with E-state index in [0.717, 1.165) is 13.0 Å². The monoisotopic (exact) mass is 621 g/mol. The van der Waals surface area contributed by atoms with E-state index in [-0.39, 0.29) is 57.6 Å². The summed E-state index contributed by atoms with van der Waals surface area (Å²) in [6.45, 7) is 0.722. The van der Waals surface area contributed by atoms with Crippen LogP contribution in [-0.2, 0) is 11.3 Å². The third-order valence-corrected chi connectivity index (χ3v) is 5.41. The second kappa shape index (κ2) is 9.03. The molecule has 1 aromatic heterocycles. The summed E-state index contributed by atoms with van der Waals surface area (Å²) >= 11 is 9.33. The Hall–Kier alpha value is -0.358. The van der Waals surface area contributed by atoms with E-state index in [1.807, 2.05) is 0 Å². The Bertz CT molecular complexity index is 845. The van der Waals surface area contributed by atoms with Gasteiger partial charge in [-0.1, -0.05) is 11.6 Å². The van der Waals surface area contributed by atoms with Crippen molar-refractivity contribution in [1.82, 2.24) is 14.9 Å². The number of carbonyl (C=O) groups excluding carboxylic acids is 1. The quantitative estimate of drug-likeness (QED) is 0.506. The van der Waals surface area contributed by atoms with Gasteiger partial charge in [-0.05, 0) is 47.4 Å². The van der Waals surface area contributed by atoms with Gasteiger partial charge in [0, 0.05) is 44.2 Å². The zero-order chi connectivity index (χ0) is 17.3. The van der Waals surface area contributed by atoms with Gasteiger partial charge in [0.05, 0.1) is 34.9 Å². The number of hydrogen-bond acceptors (Lipinski definition) is 5. The van der Waals surface area contributed by atoms with Crippen LogP contribution >= 0.6 is 27.5 Å². The molecule has 2 aromatic rings. The molecule has 0 bridgehead atoms. The summed E-state index contributed by atoms with van der Waals surface area (Å²) in [4.78, 5) is 29.0. The summed E-state index contributed by atoms with van der Waals surface area (Å²) < 4.78 is 1.94. The summed E-state index contributed by atoms with van der Waals surface area (Å²) in [6, 6.07) is 2.97. The van der Waals surface area contributed by atoms with Crippen LogP contribution in [0.1, 0.15) is 19.3 Å². The van der Waals surface area contributed by atoms with Gasteiger partial charge in [0.1, 0.15) is 0 Å². The SMILES string of the molecule is O=C(C[C@@H]1NCCC[C@H]1O)Cn1cnc2cc(Br)c(Cl)cc2c1=O.[Pb]. The molecule has 132 valence electrons. The van der Waals surface area contributed by atoms with Gasteiger partial charge in [-0.15, -0.1) is 0 Å². The van der Waals surface area contributed by atoms with Crippen LogP contribution in [-0.4, -0.2) is 66.4 Å². The first-order chi connectivity index (χ1) is 11.5. The molecule has 6 nitrogen and oxygen atoms in total. The van der Waals surface area contributed by atoms with Crippen LogP contribution in [0, 0.1) is 0 Å². The fraction of sp³-hybridized carbons (Fsp3) is 0.438. The van der Waals surface area contributed by atoms with Crippen LogP contribution in [0.4, 0.5) is 0 Å². The topological polar surface area (TPSA) is 84.2 Å². The molecule has 0 saturated carbocycles. The average Bonchev–Trinajstić information content (AvgIpc) is 2.54. The van der Waals surface area contributed by atoms with Crippen molar-refractivity contribution in [2.24, 2.45) is 0 Å². The minimum atomic E-state index is -0.523. The Morgan fingerprint density at radius 3 is 2.96 bits per heavy atom. The number of halogens is 2. The van der Waals surface area contributed by atoms with Gasteiger partial charge in [-0.2, -0.15) is 0 Å². The van der Waals surface area contributed by atoms with E-state index in [4.69, 9.17) is 11.6 Å². The predicted molar refractivity (Wildman–Crippen MR) is 101 cm³/mol. The number of rotatable bonds is 4. The number of aliphatic hydroxyl groups is 1. The summed E-state index contributed by atoms with van der Waals surface area (Å²) in [5.41, 5.74) is 0.212. The maximum atomic E-state index is 12.5. The number of benzene rings is 1. The van der Waals surface area contributed by atoms with Gasteiger partial charge in [0.2, 0.25) is 0 Å². The molecule has 3 rings (SSSR count). The molecule has 1 saturated heterocycles. The van der Waals surface area contributed by atoms with Gasteiger partial charge in [0.15, 0.2) is 5.78 Å². The maximum absolute atomic E-state index is 12.5. The number of aliphatic hydroxyl groups excluding tert-OH is 1. The number of Topliss-reactive ketones (excluding diaryl/α,β-unsaturated/α-hetero) is 1. The second-order valence-corrected chi connectivity index (χ2v) is 7.24. The van der Waals surface area contributed by atoms with E-state index in [0.29, 0.717) is 26.8 Å². The maximum Gasteiger partial charge on any atom is 0.261 e. The Morgan fingerprint density at radius 2 is 2.24 bits per heavy atom. The van der Waals surface area contributed by atoms with Crippen LogP contribution in [0.3, 0.4) is 0 Å². The number of piperidine rings is 1. The van der Waals surface area contributed by atoms with Crippen LogP contribution < -0.4 is 10.9 Å². The van der Waals surface area contributed by atoms with Crippen molar-refractivity contribution in [1.29, 1.82) is 0 Å². The predicted octanol–water partition coefficient (Wildman–Crippen LogP) is 1.50. The normalized spacial score (nSPS) is 20.3. The van der Waals surface area contributed by atoms with Gasteiger partial charge in [0.25, 0.3) is 5.56 Å². The van der Waals surface area contributed by atoms with Crippen molar-refractivity contribution in [2.45, 2.75) is 38.0 Å². The van der Waals surface area contributed by atoms with Crippen LogP contribution in [0.25, 0.3) is 10.9 Å². The Labute approximate surface area is 178 Å². The smallest absolute Gasteiger partial charge is 0.261 e. The minimum Gasteiger partial charge on any atom is -0.391 e. The molecule has 2 heterocycles. The largest absolute Gasteiger partial charge is 0.391 e. The molecule has 25 heavy (non-hydrogen) atoms. The molecular formula is C16H17BrClN3O3Pb. The van der Waals surface area contributed by atoms with Crippen LogP contribution in [0.5, 0.6) is 0 Å². The molecule has 1 aliphatic heterocycles. The first kappa shape index (κ1) is 20.9. The van der Waals surface area contributed by atoms with Gasteiger partial charge >= 0.3 is 0 Å². The van der Waals surface area contributed by atoms with Crippen molar-refractivity contribution in [3.05, 3.63) is 38.3 Å². The molecule has 9 heteroatoms. The van der Waals surface area contributed by atoms with E-state index in [9.17, 15) is 14.7 Å². The molecule has 1 fully saturated rings. The molecule has 4 radical (unpaired) electrons. The molecule has 0 spiro atoms. The molecule has 2 N–H and O–H groups in total. The van der Waals surface area contributed by atoms with Crippen molar-refractivity contribution >= 4 is 71.5 Å². The number of fused-ring (bicyclic) bond motifs is 1. The molecule has 0 aliphatic carbocycles. The van der Waals surface area contributed by atoms with Gasteiger partial charge in [-0.3, -0.25) is 14.2 Å². The molecule has 0 amide bonds. The van der Waals surface area contributed by atoms with Crippen molar-refractivity contribution in [2.75, 3.05) is 6.54 Å². The fourth-order valence-corrected chi connectivity index (χ4v) is 3.40. The van der Waals surface area contributed by atoms with Crippen molar-refractivity contribution in [3.63, 3.8) is 0 Å². The zero-order valence-electron chi connectivity index (χ0n) is 13.3. The molecule has 2 atom stereocenters.